The summed E-state index contributed by atoms with van der Waals surface area (Å²) in [6.07, 6.45) is 2.54. The maximum Gasteiger partial charge on any atom is 0.218 e. The van der Waals surface area contributed by atoms with Gasteiger partial charge in [-0.3, -0.25) is 4.79 Å². The molecule has 0 unspecified atom stereocenters. The van der Waals surface area contributed by atoms with E-state index in [-0.39, 0.29) is 12.4 Å². The van der Waals surface area contributed by atoms with Crippen molar-refractivity contribution in [2.24, 2.45) is 0 Å². The number of carbonyl (C=O) groups is 1. The van der Waals surface area contributed by atoms with Crippen LogP contribution in [0.3, 0.4) is 0 Å². The number of halogens is 1. The summed E-state index contributed by atoms with van der Waals surface area (Å²) in [7, 11) is 0. The monoisotopic (exact) mass is 281 g/mol. The molecule has 2 aromatic rings. The Morgan fingerprint density at radius 2 is 1.94 bits per heavy atom. The average molecular weight is 282 g/mol. The van der Waals surface area contributed by atoms with E-state index in [2.05, 4.69) is 12.1 Å². The lowest BCUT2D eigenvalue weighted by Gasteiger charge is -2.10. The van der Waals surface area contributed by atoms with E-state index in [0.29, 0.717) is 12.3 Å². The van der Waals surface area contributed by atoms with Gasteiger partial charge in [0, 0.05) is 33.9 Å². The number of nitrogens with one attached hydrogen (secondary N) is 1. The molecule has 0 spiro atoms. The van der Waals surface area contributed by atoms with Crippen molar-refractivity contribution in [1.29, 1.82) is 0 Å². The molecule has 0 saturated carbocycles. The van der Waals surface area contributed by atoms with Crippen LogP contribution in [0.2, 0.25) is 0 Å². The molecule has 1 aliphatic rings. The van der Waals surface area contributed by atoms with Crippen molar-refractivity contribution in [3.05, 3.63) is 35.2 Å². The minimum atomic E-state index is 0. The Morgan fingerprint density at radius 1 is 1.22 bits per heavy atom. The van der Waals surface area contributed by atoms with Crippen molar-refractivity contribution in [2.75, 3.05) is 19.6 Å². The average Bonchev–Trinajstić information content (AvgIpc) is 2.96. The molecule has 0 radical (unpaired) electrons. The van der Waals surface area contributed by atoms with Gasteiger partial charge in [-0.2, -0.15) is 0 Å². The zero-order valence-corrected chi connectivity index (χ0v) is 11.7. The normalized spacial score (nSPS) is 15.8. The molecule has 2 heterocycles. The quantitative estimate of drug-likeness (QED) is 0.699. The van der Waals surface area contributed by atoms with Gasteiger partial charge < -0.3 is 17.3 Å². The first-order valence-electron chi connectivity index (χ1n) is 6.17. The van der Waals surface area contributed by atoms with Gasteiger partial charge in [0.25, 0.3) is 0 Å². The van der Waals surface area contributed by atoms with E-state index in [4.69, 9.17) is 0 Å². The summed E-state index contributed by atoms with van der Waals surface area (Å²) in [5, 5.41) is 3.14. The van der Waals surface area contributed by atoms with Crippen molar-refractivity contribution < 1.29 is 22.1 Å². The van der Waals surface area contributed by atoms with Crippen LogP contribution in [0.25, 0.3) is 10.1 Å². The van der Waals surface area contributed by atoms with Gasteiger partial charge in [-0.05, 0) is 6.07 Å². The minimum Gasteiger partial charge on any atom is -1.00 e. The minimum absolute atomic E-state index is 0. The Morgan fingerprint density at radius 3 is 2.72 bits per heavy atom. The zero-order chi connectivity index (χ0) is 11.7. The first kappa shape index (κ1) is 13.5. The van der Waals surface area contributed by atoms with Crippen LogP contribution in [0.1, 0.15) is 23.2 Å². The molecule has 1 N–H and O–H groups in total. The molecular formula is C14H16ClNOS. The summed E-state index contributed by atoms with van der Waals surface area (Å²) in [5.41, 5.74) is 0.921. The molecule has 2 nitrogen and oxygen atoms in total. The van der Waals surface area contributed by atoms with E-state index in [0.717, 1.165) is 24.0 Å². The summed E-state index contributed by atoms with van der Waals surface area (Å²) in [6, 6.07) is 8.17. The molecule has 0 bridgehead atoms. The third-order valence-corrected chi connectivity index (χ3v) is 4.47. The summed E-state index contributed by atoms with van der Waals surface area (Å²) in [6.45, 7) is 2.99. The molecule has 1 saturated heterocycles. The van der Waals surface area contributed by atoms with Crippen molar-refractivity contribution in [1.82, 2.24) is 0 Å². The van der Waals surface area contributed by atoms with Crippen molar-refractivity contribution in [2.45, 2.75) is 12.8 Å². The van der Waals surface area contributed by atoms with Crippen molar-refractivity contribution >= 4 is 27.2 Å². The van der Waals surface area contributed by atoms with Crippen LogP contribution in [0.4, 0.5) is 0 Å². The van der Waals surface area contributed by atoms with Gasteiger partial charge in [-0.25, -0.2) is 0 Å². The van der Waals surface area contributed by atoms with Crippen molar-refractivity contribution in [3.63, 3.8) is 0 Å². The molecule has 3 rings (SSSR count). The van der Waals surface area contributed by atoms with Gasteiger partial charge in [0.05, 0.1) is 13.1 Å². The van der Waals surface area contributed by atoms with E-state index >= 15 is 0 Å². The first-order valence-corrected chi connectivity index (χ1v) is 7.05. The van der Waals surface area contributed by atoms with Gasteiger partial charge in [-0.15, -0.1) is 11.3 Å². The lowest BCUT2D eigenvalue weighted by atomic mass is 10.1. The highest BCUT2D eigenvalue weighted by atomic mass is 35.5. The molecule has 1 aliphatic heterocycles. The zero-order valence-electron chi connectivity index (χ0n) is 10.1. The topological polar surface area (TPSA) is 21.5 Å². The van der Waals surface area contributed by atoms with Gasteiger partial charge in [0.1, 0.15) is 6.54 Å². The second-order valence-corrected chi connectivity index (χ2v) is 5.61. The Bertz CT molecular complexity index is 545. The molecule has 1 aromatic carbocycles. The van der Waals surface area contributed by atoms with Crippen LogP contribution in [-0.4, -0.2) is 25.4 Å². The molecule has 0 atom stereocenters. The molecule has 0 aliphatic carbocycles. The number of hydrogen-bond acceptors (Lipinski definition) is 2. The molecule has 96 valence electrons. The van der Waals surface area contributed by atoms with E-state index in [9.17, 15) is 4.79 Å². The number of hydrogen-bond donors (Lipinski definition) is 1. The third kappa shape index (κ3) is 2.58. The number of benzene rings is 1. The second kappa shape index (κ2) is 5.83. The number of ketones is 1. The number of thiophene rings is 1. The van der Waals surface area contributed by atoms with E-state index in [1.54, 1.807) is 11.3 Å². The maximum absolute atomic E-state index is 12.3. The number of carbonyl (C=O) groups excluding carboxylic acids is 1. The smallest absolute Gasteiger partial charge is 0.218 e. The van der Waals surface area contributed by atoms with Crippen LogP contribution in [0.15, 0.2) is 29.6 Å². The first-order chi connectivity index (χ1) is 8.34. The number of likely N-dealkylation sites (tertiary alicyclic amines) is 1. The Kier molecular flexibility index (Phi) is 4.38. The third-order valence-electron chi connectivity index (χ3n) is 3.50. The highest BCUT2D eigenvalue weighted by Crippen LogP contribution is 2.25. The largest absolute Gasteiger partial charge is 1.00 e. The molecular weight excluding hydrogens is 266 g/mol. The van der Waals surface area contributed by atoms with Crippen LogP contribution in [0.5, 0.6) is 0 Å². The molecule has 0 amide bonds. The van der Waals surface area contributed by atoms with Crippen LogP contribution in [-0.2, 0) is 0 Å². The fraction of sp³-hybridized carbons (Fsp3) is 0.357. The Labute approximate surface area is 117 Å². The number of quaternary nitrogens is 1. The van der Waals surface area contributed by atoms with Gasteiger partial charge in [-0.1, -0.05) is 18.2 Å². The van der Waals surface area contributed by atoms with Crippen LogP contribution >= 0.6 is 11.3 Å². The number of fused-ring (bicyclic) bond motifs is 1. The molecule has 1 aromatic heterocycles. The second-order valence-electron chi connectivity index (χ2n) is 4.70. The Hall–Kier alpha value is -0.900. The summed E-state index contributed by atoms with van der Waals surface area (Å²) in [5.74, 6) is 0.305. The standard InChI is InChI=1S/C14H15NOS.ClH/c16-13(9-15-7-3-4-8-15)12-10-17-14-6-2-1-5-11(12)14;/h1-2,5-6,10H,3-4,7-9H2;1H. The van der Waals surface area contributed by atoms with Crippen LogP contribution < -0.4 is 17.3 Å². The molecule has 18 heavy (non-hydrogen) atoms. The summed E-state index contributed by atoms with van der Waals surface area (Å²) >= 11 is 1.67. The fourth-order valence-corrected chi connectivity index (χ4v) is 3.53. The predicted molar refractivity (Wildman–Crippen MR) is 71.0 cm³/mol. The predicted octanol–water partition coefficient (Wildman–Crippen LogP) is -1.23. The van der Waals surface area contributed by atoms with E-state index in [1.807, 2.05) is 17.5 Å². The number of rotatable bonds is 3. The van der Waals surface area contributed by atoms with E-state index in [1.165, 1.54) is 22.4 Å². The summed E-state index contributed by atoms with van der Waals surface area (Å²) < 4.78 is 1.22. The molecule has 1 fully saturated rings. The van der Waals surface area contributed by atoms with E-state index < -0.39 is 0 Å². The lowest BCUT2D eigenvalue weighted by Crippen LogP contribution is -3.10. The highest BCUT2D eigenvalue weighted by Gasteiger charge is 2.21. The fourth-order valence-electron chi connectivity index (χ4n) is 2.57. The SMILES string of the molecule is O=C(C[NH+]1CCCC1)c1csc2ccccc12.[Cl-]. The van der Waals surface area contributed by atoms with Gasteiger partial charge in [0.2, 0.25) is 5.78 Å². The van der Waals surface area contributed by atoms with Gasteiger partial charge in [0.15, 0.2) is 0 Å². The van der Waals surface area contributed by atoms with Gasteiger partial charge >= 0.3 is 0 Å². The highest BCUT2D eigenvalue weighted by molar-refractivity contribution is 7.17. The lowest BCUT2D eigenvalue weighted by molar-refractivity contribution is -0.878. The molecule has 4 heteroatoms. The maximum atomic E-state index is 12.3. The van der Waals surface area contributed by atoms with Crippen molar-refractivity contribution in [3.8, 4) is 0 Å². The number of Topliss-reactive ketones (excluding diaryl/α,β-unsaturated/α-hetero) is 1. The summed E-state index contributed by atoms with van der Waals surface area (Å²) in [4.78, 5) is 13.7. The van der Waals surface area contributed by atoms with Crippen LogP contribution in [0, 0.1) is 0 Å². The Balaban J connectivity index is 0.00000120.